The van der Waals surface area contributed by atoms with Crippen molar-refractivity contribution in [3.05, 3.63) is 53.4 Å². The quantitative estimate of drug-likeness (QED) is 0.755. The van der Waals surface area contributed by atoms with E-state index in [1.807, 2.05) is 30.5 Å². The highest BCUT2D eigenvalue weighted by atomic mass is 32.1. The van der Waals surface area contributed by atoms with Crippen LogP contribution in [0.4, 0.5) is 5.00 Å². The highest BCUT2D eigenvalue weighted by molar-refractivity contribution is 7.15. The van der Waals surface area contributed by atoms with Crippen molar-refractivity contribution in [2.75, 3.05) is 12.3 Å². The van der Waals surface area contributed by atoms with E-state index in [1.165, 1.54) is 16.7 Å². The van der Waals surface area contributed by atoms with Crippen molar-refractivity contribution in [1.82, 2.24) is 5.32 Å². The summed E-state index contributed by atoms with van der Waals surface area (Å²) in [6.45, 7) is 2.69. The van der Waals surface area contributed by atoms with Crippen molar-refractivity contribution in [3.63, 3.8) is 0 Å². The van der Waals surface area contributed by atoms with Gasteiger partial charge in [0.1, 0.15) is 0 Å². The van der Waals surface area contributed by atoms with Crippen LogP contribution in [0.25, 0.3) is 21.9 Å². The van der Waals surface area contributed by atoms with Crippen LogP contribution in [0, 0.1) is 0 Å². The first-order valence-corrected chi connectivity index (χ1v) is 8.23. The third-order valence-electron chi connectivity index (χ3n) is 3.64. The molecule has 2 aromatic carbocycles. The van der Waals surface area contributed by atoms with Crippen LogP contribution in [0.1, 0.15) is 23.7 Å². The van der Waals surface area contributed by atoms with Gasteiger partial charge in [0.05, 0.1) is 10.6 Å². The van der Waals surface area contributed by atoms with Crippen molar-refractivity contribution >= 4 is 33.0 Å². The summed E-state index contributed by atoms with van der Waals surface area (Å²) in [4.78, 5) is 12.4. The molecule has 0 radical (unpaired) electrons. The van der Waals surface area contributed by atoms with Crippen LogP contribution in [0.15, 0.2) is 47.8 Å². The van der Waals surface area contributed by atoms with Crippen molar-refractivity contribution in [2.45, 2.75) is 13.3 Å². The summed E-state index contributed by atoms with van der Waals surface area (Å²) in [6, 6.07) is 14.4. The number of anilines is 1. The van der Waals surface area contributed by atoms with E-state index in [1.54, 1.807) is 0 Å². The van der Waals surface area contributed by atoms with Crippen molar-refractivity contribution in [2.24, 2.45) is 0 Å². The normalized spacial score (nSPS) is 10.8. The maximum Gasteiger partial charge on any atom is 0.254 e. The number of rotatable bonds is 4. The Morgan fingerprint density at radius 1 is 1.18 bits per heavy atom. The fourth-order valence-corrected chi connectivity index (χ4v) is 3.32. The molecule has 0 atom stereocenters. The van der Waals surface area contributed by atoms with Gasteiger partial charge in [0.25, 0.3) is 5.91 Å². The summed E-state index contributed by atoms with van der Waals surface area (Å²) in [6.07, 6.45) is 0.904. The number of hydrogen-bond donors (Lipinski definition) is 2. The molecule has 3 aromatic rings. The molecule has 4 heteroatoms. The molecule has 0 aliphatic rings. The Hall–Kier alpha value is -2.33. The number of carbonyl (C=O) groups excluding carboxylic acids is 1. The smallest absolute Gasteiger partial charge is 0.254 e. The Morgan fingerprint density at radius 3 is 2.73 bits per heavy atom. The number of thiophene rings is 1. The summed E-state index contributed by atoms with van der Waals surface area (Å²) in [5.41, 5.74) is 8.54. The third-order valence-corrected chi connectivity index (χ3v) is 4.45. The van der Waals surface area contributed by atoms with Gasteiger partial charge in [0.2, 0.25) is 0 Å². The van der Waals surface area contributed by atoms with Crippen LogP contribution in [-0.2, 0) is 0 Å². The number of fused-ring (bicyclic) bond motifs is 1. The Bertz CT molecular complexity index is 823. The van der Waals surface area contributed by atoms with E-state index in [2.05, 4.69) is 29.6 Å². The molecule has 112 valence electrons. The second-order valence-electron chi connectivity index (χ2n) is 5.21. The first kappa shape index (κ1) is 14.6. The van der Waals surface area contributed by atoms with E-state index in [0.717, 1.165) is 22.9 Å². The Kier molecular flexibility index (Phi) is 4.11. The van der Waals surface area contributed by atoms with Gasteiger partial charge in [-0.25, -0.2) is 0 Å². The second kappa shape index (κ2) is 6.20. The first-order chi connectivity index (χ1) is 10.7. The van der Waals surface area contributed by atoms with E-state index < -0.39 is 0 Å². The maximum atomic E-state index is 12.4. The molecule has 1 heterocycles. The molecule has 1 aromatic heterocycles. The van der Waals surface area contributed by atoms with E-state index in [-0.39, 0.29) is 5.91 Å². The molecule has 22 heavy (non-hydrogen) atoms. The fourth-order valence-electron chi connectivity index (χ4n) is 2.50. The molecule has 3 rings (SSSR count). The topological polar surface area (TPSA) is 55.1 Å². The van der Waals surface area contributed by atoms with Gasteiger partial charge in [-0.3, -0.25) is 4.79 Å². The monoisotopic (exact) mass is 310 g/mol. The molecule has 0 unspecified atom stereocenters. The average Bonchev–Trinajstić information content (AvgIpc) is 2.94. The summed E-state index contributed by atoms with van der Waals surface area (Å²) >= 11 is 1.41. The molecular weight excluding hydrogens is 292 g/mol. The number of hydrogen-bond acceptors (Lipinski definition) is 3. The number of carbonyl (C=O) groups is 1. The van der Waals surface area contributed by atoms with Gasteiger partial charge < -0.3 is 11.1 Å². The molecule has 3 N–H and O–H groups in total. The van der Waals surface area contributed by atoms with Gasteiger partial charge in [-0.2, -0.15) is 0 Å². The predicted octanol–water partition coefficient (Wildman–Crippen LogP) is 4.29. The summed E-state index contributed by atoms with van der Waals surface area (Å²) < 4.78 is 0. The van der Waals surface area contributed by atoms with Crippen molar-refractivity contribution in [1.29, 1.82) is 0 Å². The fraction of sp³-hybridized carbons (Fsp3) is 0.167. The molecule has 0 aliphatic carbocycles. The Balaban J connectivity index is 2.05. The van der Waals surface area contributed by atoms with Crippen LogP contribution in [0.5, 0.6) is 0 Å². The lowest BCUT2D eigenvalue weighted by molar-refractivity contribution is 0.0955. The lowest BCUT2D eigenvalue weighted by Gasteiger charge is -2.08. The summed E-state index contributed by atoms with van der Waals surface area (Å²) in [5.74, 6) is -0.0937. The Labute approximate surface area is 133 Å². The minimum absolute atomic E-state index is 0.0937. The highest BCUT2D eigenvalue weighted by Crippen LogP contribution is 2.34. The third kappa shape index (κ3) is 2.70. The first-order valence-electron chi connectivity index (χ1n) is 7.35. The zero-order chi connectivity index (χ0) is 15.5. The van der Waals surface area contributed by atoms with Gasteiger partial charge >= 0.3 is 0 Å². The molecule has 0 saturated carbocycles. The lowest BCUT2D eigenvalue weighted by Crippen LogP contribution is -2.24. The molecular formula is C18H18N2OS. The number of benzene rings is 2. The van der Waals surface area contributed by atoms with Crippen LogP contribution in [0.2, 0.25) is 0 Å². The number of amides is 1. The van der Waals surface area contributed by atoms with E-state index in [4.69, 9.17) is 5.73 Å². The van der Waals surface area contributed by atoms with Crippen molar-refractivity contribution in [3.8, 4) is 11.1 Å². The molecule has 1 amide bonds. The summed E-state index contributed by atoms with van der Waals surface area (Å²) in [5, 5.41) is 7.78. The second-order valence-corrected chi connectivity index (χ2v) is 6.12. The lowest BCUT2D eigenvalue weighted by atomic mass is 10.00. The molecule has 0 bridgehead atoms. The number of nitrogens with two attached hydrogens (primary N) is 1. The van der Waals surface area contributed by atoms with Gasteiger partial charge in [-0.15, -0.1) is 11.3 Å². The molecule has 0 saturated heterocycles. The van der Waals surface area contributed by atoms with Gasteiger partial charge in [-0.1, -0.05) is 43.3 Å². The molecule has 3 nitrogen and oxygen atoms in total. The average molecular weight is 310 g/mol. The maximum absolute atomic E-state index is 12.4. The SMILES string of the molecule is CCCNC(=O)c1c(-c2ccc3ccccc3c2)csc1N. The summed E-state index contributed by atoms with van der Waals surface area (Å²) in [7, 11) is 0. The van der Waals surface area contributed by atoms with Gasteiger partial charge in [-0.05, 0) is 28.8 Å². The number of nitrogen functional groups attached to an aromatic ring is 1. The minimum atomic E-state index is -0.0937. The molecule has 0 aliphatic heterocycles. The van der Waals surface area contributed by atoms with E-state index in [0.29, 0.717) is 17.1 Å². The van der Waals surface area contributed by atoms with Gasteiger partial charge in [0, 0.05) is 17.5 Å². The largest absolute Gasteiger partial charge is 0.390 e. The predicted molar refractivity (Wildman–Crippen MR) is 94.3 cm³/mol. The standard InChI is InChI=1S/C18H18N2OS/c1-2-9-20-18(21)16-15(11-22-17(16)19)14-8-7-12-5-3-4-6-13(12)10-14/h3-8,10-11H,2,9,19H2,1H3,(H,20,21). The minimum Gasteiger partial charge on any atom is -0.390 e. The van der Waals surface area contributed by atoms with Crippen LogP contribution < -0.4 is 11.1 Å². The molecule has 0 fully saturated rings. The highest BCUT2D eigenvalue weighted by Gasteiger charge is 2.18. The molecule has 0 spiro atoms. The van der Waals surface area contributed by atoms with Crippen LogP contribution in [0.3, 0.4) is 0 Å². The van der Waals surface area contributed by atoms with Crippen LogP contribution >= 0.6 is 11.3 Å². The number of nitrogens with one attached hydrogen (secondary N) is 1. The zero-order valence-corrected chi connectivity index (χ0v) is 13.2. The zero-order valence-electron chi connectivity index (χ0n) is 12.4. The van der Waals surface area contributed by atoms with E-state index in [9.17, 15) is 4.79 Å². The van der Waals surface area contributed by atoms with Crippen molar-refractivity contribution < 1.29 is 4.79 Å². The van der Waals surface area contributed by atoms with E-state index >= 15 is 0 Å². The Morgan fingerprint density at radius 2 is 1.95 bits per heavy atom. The van der Waals surface area contributed by atoms with Crippen LogP contribution in [-0.4, -0.2) is 12.5 Å². The van der Waals surface area contributed by atoms with Gasteiger partial charge in [0.15, 0.2) is 0 Å².